The van der Waals surface area contributed by atoms with Gasteiger partial charge in [0.25, 0.3) is 5.69 Å². The van der Waals surface area contributed by atoms with Crippen LogP contribution in [0.3, 0.4) is 0 Å². The molecule has 1 fully saturated rings. The maximum absolute atomic E-state index is 11.2. The van der Waals surface area contributed by atoms with Crippen LogP contribution in [0, 0.1) is 10.1 Å². The highest BCUT2D eigenvalue weighted by molar-refractivity contribution is 6.30. The molecule has 1 N–H and O–H groups in total. The summed E-state index contributed by atoms with van der Waals surface area (Å²) in [6, 6.07) is 15.1. The summed E-state index contributed by atoms with van der Waals surface area (Å²) >= 11 is 5.87. The number of nitro groups is 1. The molecule has 114 valence electrons. The predicted octanol–water partition coefficient (Wildman–Crippen LogP) is 3.94. The molecule has 1 atom stereocenters. The molecule has 0 radical (unpaired) electrons. The van der Waals surface area contributed by atoms with E-state index in [0.717, 1.165) is 25.2 Å². The number of hydrogen-bond acceptors (Lipinski definition) is 4. The highest BCUT2D eigenvalue weighted by Crippen LogP contribution is 2.33. The number of rotatable bonds is 4. The molecule has 0 amide bonds. The van der Waals surface area contributed by atoms with Crippen molar-refractivity contribution in [1.29, 1.82) is 0 Å². The van der Waals surface area contributed by atoms with Crippen LogP contribution in [0.15, 0.2) is 48.5 Å². The van der Waals surface area contributed by atoms with Gasteiger partial charge in [-0.3, -0.25) is 10.1 Å². The minimum absolute atomic E-state index is 0.0628. The van der Waals surface area contributed by atoms with Gasteiger partial charge in [0.1, 0.15) is 5.69 Å². The first-order valence-electron chi connectivity index (χ1n) is 7.14. The molecular weight excluding hydrogens is 302 g/mol. The molecule has 0 aromatic heterocycles. The van der Waals surface area contributed by atoms with Crippen molar-refractivity contribution in [3.05, 3.63) is 63.7 Å². The zero-order chi connectivity index (χ0) is 15.5. The lowest BCUT2D eigenvalue weighted by Crippen LogP contribution is -2.26. The summed E-state index contributed by atoms with van der Waals surface area (Å²) in [4.78, 5) is 12.9. The van der Waals surface area contributed by atoms with Crippen LogP contribution in [0.5, 0.6) is 0 Å². The molecule has 0 spiro atoms. The number of benzene rings is 2. The van der Waals surface area contributed by atoms with Crippen LogP contribution in [-0.4, -0.2) is 24.1 Å². The third kappa shape index (κ3) is 3.14. The van der Waals surface area contributed by atoms with Gasteiger partial charge < -0.3 is 10.2 Å². The average Bonchev–Trinajstić information content (AvgIpc) is 2.96. The van der Waals surface area contributed by atoms with Gasteiger partial charge in [-0.15, -0.1) is 0 Å². The van der Waals surface area contributed by atoms with Gasteiger partial charge in [0.15, 0.2) is 0 Å². The van der Waals surface area contributed by atoms with Crippen LogP contribution >= 0.6 is 11.6 Å². The van der Waals surface area contributed by atoms with Crippen molar-refractivity contribution in [2.24, 2.45) is 0 Å². The number of nitrogens with zero attached hydrogens (tertiary/aromatic N) is 2. The van der Waals surface area contributed by atoms with Crippen LogP contribution in [0.4, 0.5) is 17.1 Å². The fourth-order valence-electron chi connectivity index (χ4n) is 2.78. The smallest absolute Gasteiger partial charge is 0.294 e. The van der Waals surface area contributed by atoms with E-state index in [1.807, 2.05) is 35.2 Å². The van der Waals surface area contributed by atoms with Gasteiger partial charge in [0, 0.05) is 35.9 Å². The van der Waals surface area contributed by atoms with Crippen LogP contribution in [0.2, 0.25) is 5.02 Å². The lowest BCUT2D eigenvalue weighted by molar-refractivity contribution is -0.384. The molecule has 5 nitrogen and oxygen atoms in total. The molecular formula is C16H16ClN3O2. The fourth-order valence-corrected chi connectivity index (χ4v) is 2.94. The Hall–Kier alpha value is -2.27. The molecule has 0 saturated carbocycles. The zero-order valence-electron chi connectivity index (χ0n) is 11.9. The summed E-state index contributed by atoms with van der Waals surface area (Å²) < 4.78 is 0. The van der Waals surface area contributed by atoms with Gasteiger partial charge in [-0.1, -0.05) is 29.8 Å². The Balaban J connectivity index is 1.74. The maximum atomic E-state index is 11.2. The van der Waals surface area contributed by atoms with E-state index in [1.165, 1.54) is 6.07 Å². The van der Waals surface area contributed by atoms with Gasteiger partial charge in [-0.05, 0) is 30.7 Å². The van der Waals surface area contributed by atoms with Crippen LogP contribution < -0.4 is 10.2 Å². The van der Waals surface area contributed by atoms with E-state index in [2.05, 4.69) is 5.32 Å². The second-order valence-corrected chi connectivity index (χ2v) is 5.77. The van der Waals surface area contributed by atoms with Crippen molar-refractivity contribution < 1.29 is 4.92 Å². The Morgan fingerprint density at radius 3 is 2.73 bits per heavy atom. The molecule has 1 unspecified atom stereocenters. The van der Waals surface area contributed by atoms with Crippen molar-refractivity contribution in [3.63, 3.8) is 0 Å². The first-order chi connectivity index (χ1) is 10.6. The fraction of sp³-hybridized carbons (Fsp3) is 0.250. The number of anilines is 2. The van der Waals surface area contributed by atoms with E-state index in [9.17, 15) is 10.1 Å². The monoisotopic (exact) mass is 317 g/mol. The van der Waals surface area contributed by atoms with Gasteiger partial charge in [0.05, 0.1) is 4.92 Å². The summed E-state index contributed by atoms with van der Waals surface area (Å²) in [5.41, 5.74) is 1.76. The average molecular weight is 318 g/mol. The van der Waals surface area contributed by atoms with E-state index in [-0.39, 0.29) is 16.7 Å². The standard InChI is InChI=1S/C16H16ClN3O2/c17-12-6-7-15(16(10-12)20(21)22)19-9-8-14(11-19)18-13-4-2-1-3-5-13/h1-7,10,14,18H,8-9,11H2. The topological polar surface area (TPSA) is 58.4 Å². The van der Waals surface area contributed by atoms with E-state index in [1.54, 1.807) is 12.1 Å². The Morgan fingerprint density at radius 1 is 1.23 bits per heavy atom. The van der Waals surface area contributed by atoms with E-state index in [4.69, 9.17) is 11.6 Å². The predicted molar refractivity (Wildman–Crippen MR) is 88.8 cm³/mol. The molecule has 0 bridgehead atoms. The highest BCUT2D eigenvalue weighted by atomic mass is 35.5. The zero-order valence-corrected chi connectivity index (χ0v) is 12.7. The van der Waals surface area contributed by atoms with Crippen molar-refractivity contribution in [1.82, 2.24) is 0 Å². The van der Waals surface area contributed by atoms with Gasteiger partial charge in [-0.2, -0.15) is 0 Å². The van der Waals surface area contributed by atoms with Crippen molar-refractivity contribution in [2.45, 2.75) is 12.5 Å². The largest absolute Gasteiger partial charge is 0.380 e. The van der Waals surface area contributed by atoms with Gasteiger partial charge in [0.2, 0.25) is 0 Å². The lowest BCUT2D eigenvalue weighted by atomic mass is 10.2. The van der Waals surface area contributed by atoms with Crippen LogP contribution in [0.1, 0.15) is 6.42 Å². The molecule has 2 aromatic rings. The molecule has 6 heteroatoms. The molecule has 1 aliphatic heterocycles. The van der Waals surface area contributed by atoms with E-state index >= 15 is 0 Å². The minimum Gasteiger partial charge on any atom is -0.380 e. The summed E-state index contributed by atoms with van der Waals surface area (Å²) in [7, 11) is 0. The van der Waals surface area contributed by atoms with Crippen molar-refractivity contribution in [3.8, 4) is 0 Å². The number of nitro benzene ring substituents is 1. The number of nitrogens with one attached hydrogen (secondary N) is 1. The van der Waals surface area contributed by atoms with Crippen molar-refractivity contribution >= 4 is 28.7 Å². The highest BCUT2D eigenvalue weighted by Gasteiger charge is 2.27. The minimum atomic E-state index is -0.376. The third-order valence-electron chi connectivity index (χ3n) is 3.81. The van der Waals surface area contributed by atoms with Gasteiger partial charge in [-0.25, -0.2) is 0 Å². The van der Waals surface area contributed by atoms with Crippen molar-refractivity contribution in [2.75, 3.05) is 23.3 Å². The second kappa shape index (κ2) is 6.23. The Labute approximate surface area is 133 Å². The molecule has 3 rings (SSSR count). The third-order valence-corrected chi connectivity index (χ3v) is 4.04. The number of hydrogen-bond donors (Lipinski definition) is 1. The Morgan fingerprint density at radius 2 is 2.00 bits per heavy atom. The maximum Gasteiger partial charge on any atom is 0.294 e. The molecule has 1 heterocycles. The molecule has 0 aliphatic carbocycles. The molecule has 1 saturated heterocycles. The van der Waals surface area contributed by atoms with Gasteiger partial charge >= 0.3 is 0 Å². The quantitative estimate of drug-likeness (QED) is 0.685. The second-order valence-electron chi connectivity index (χ2n) is 5.33. The Kier molecular flexibility index (Phi) is 4.15. The summed E-state index contributed by atoms with van der Waals surface area (Å²) in [5, 5.41) is 15.1. The molecule has 2 aromatic carbocycles. The van der Waals surface area contributed by atoms with E-state index < -0.39 is 0 Å². The number of halogens is 1. The Bertz CT molecular complexity index is 678. The first-order valence-corrected chi connectivity index (χ1v) is 7.52. The van der Waals surface area contributed by atoms with Crippen LogP contribution in [0.25, 0.3) is 0 Å². The summed E-state index contributed by atoms with van der Waals surface area (Å²) in [5.74, 6) is 0. The lowest BCUT2D eigenvalue weighted by Gasteiger charge is -2.19. The summed E-state index contributed by atoms with van der Waals surface area (Å²) in [6.07, 6.45) is 0.939. The normalized spacial score (nSPS) is 17.5. The number of para-hydroxylation sites is 1. The first kappa shape index (κ1) is 14.7. The molecule has 22 heavy (non-hydrogen) atoms. The van der Waals surface area contributed by atoms with Crippen LogP contribution in [-0.2, 0) is 0 Å². The van der Waals surface area contributed by atoms with E-state index in [0.29, 0.717) is 10.7 Å². The molecule has 1 aliphatic rings. The SMILES string of the molecule is O=[N+]([O-])c1cc(Cl)ccc1N1CCC(Nc2ccccc2)C1. The summed E-state index contributed by atoms with van der Waals surface area (Å²) in [6.45, 7) is 1.52.